The van der Waals surface area contributed by atoms with Crippen molar-refractivity contribution < 1.29 is 56.6 Å². The first-order valence-corrected chi connectivity index (χ1v) is 8.82. The molecule has 0 aromatic heterocycles. The minimum atomic E-state index is -4.23. The van der Waals surface area contributed by atoms with Gasteiger partial charge in [-0.1, -0.05) is 64.7 Å². The van der Waals surface area contributed by atoms with E-state index in [4.69, 9.17) is 14.5 Å². The molecule has 128 valence electrons. The molecule has 0 amide bonds. The molecule has 0 spiro atoms. The van der Waals surface area contributed by atoms with Crippen molar-refractivity contribution in [1.29, 1.82) is 0 Å². The van der Waals surface area contributed by atoms with Gasteiger partial charge in [-0.15, -0.1) is 0 Å². The molecule has 0 aliphatic rings. The van der Waals surface area contributed by atoms with E-state index in [0.717, 1.165) is 12.8 Å². The summed E-state index contributed by atoms with van der Waals surface area (Å²) in [6.45, 7) is 4.87. The summed E-state index contributed by atoms with van der Waals surface area (Å²) in [5, 5.41) is 7.31. The Morgan fingerprint density at radius 2 is 1.27 bits per heavy atom. The second-order valence-corrected chi connectivity index (χ2v) is 5.92. The molecule has 0 saturated heterocycles. The maximum atomic E-state index is 10.2. The smallest absolute Gasteiger partial charge is 0.503 e. The molecule has 0 aromatic carbocycles. The van der Waals surface area contributed by atoms with Crippen LogP contribution in [0.3, 0.4) is 0 Å². The van der Waals surface area contributed by atoms with E-state index in [-0.39, 0.29) is 36.2 Å². The van der Waals surface area contributed by atoms with E-state index >= 15 is 0 Å². The molecule has 0 rings (SSSR count). The first-order valence-electron chi connectivity index (χ1n) is 7.46. The fourth-order valence-electron chi connectivity index (χ4n) is 1.75. The first kappa shape index (κ1) is 27.1. The number of hydrogen-bond acceptors (Lipinski definition) is 4. The summed E-state index contributed by atoms with van der Waals surface area (Å²) in [7, 11) is -4.23. The van der Waals surface area contributed by atoms with Crippen molar-refractivity contribution >= 4 is 16.4 Å². The van der Waals surface area contributed by atoms with Crippen LogP contribution in [-0.2, 0) is 19.4 Å². The van der Waals surface area contributed by atoms with Crippen molar-refractivity contribution in [2.45, 2.75) is 71.1 Å². The van der Waals surface area contributed by atoms with Gasteiger partial charge in [0, 0.05) is 0 Å². The Kier molecular flexibility index (Phi) is 23.7. The summed E-state index contributed by atoms with van der Waals surface area (Å²) < 4.78 is 33.0. The van der Waals surface area contributed by atoms with Crippen molar-refractivity contribution in [1.82, 2.24) is 0 Å². The molecule has 0 atom stereocenters. The molecule has 0 fully saturated rings. The minimum Gasteiger partial charge on any atom is -0.503 e. The predicted octanol–water partition coefficient (Wildman–Crippen LogP) is 0.636. The van der Waals surface area contributed by atoms with E-state index < -0.39 is 16.4 Å². The number of hydrogen-bond donors (Lipinski definition) is 2. The van der Waals surface area contributed by atoms with Gasteiger partial charge in [-0.2, -0.15) is 8.42 Å². The number of rotatable bonds is 12. The van der Waals surface area contributed by atoms with Gasteiger partial charge < -0.3 is 5.11 Å². The topological polar surface area (TPSA) is 101 Å². The summed E-state index contributed by atoms with van der Waals surface area (Å²) in [5.41, 5.74) is 0. The Bertz CT molecular complexity index is 328. The Labute approximate surface area is 157 Å². The average Bonchev–Trinajstić information content (AvgIpc) is 2.34. The minimum absolute atomic E-state index is 0. The normalized spacial score (nSPS) is 10.3. The van der Waals surface area contributed by atoms with Gasteiger partial charge in [0.2, 0.25) is 0 Å². The molecule has 0 heterocycles. The molecule has 0 bridgehead atoms. The molecule has 0 unspecified atom stereocenters. The predicted molar refractivity (Wildman–Crippen MR) is 82.3 cm³/mol. The molecule has 8 heteroatoms. The van der Waals surface area contributed by atoms with Crippen LogP contribution in [0.5, 0.6) is 0 Å². The van der Waals surface area contributed by atoms with Crippen molar-refractivity contribution in [2.24, 2.45) is 0 Å². The zero-order valence-corrected chi connectivity index (χ0v) is 16.7. The standard InChI is InChI=1S/C12H26O4S.C2H3O2.Na/c1-2-3-4-5-6-7-8-9-10-11-12-16-17(13,14)15;1-2(3)4;/h2-12H2,1H3,(H,13,14,15);1H2,(H,3,4);/q;-1;+1. The Morgan fingerprint density at radius 1 is 0.955 bits per heavy atom. The van der Waals surface area contributed by atoms with Crippen LogP contribution < -0.4 is 29.6 Å². The van der Waals surface area contributed by atoms with Gasteiger partial charge >= 0.3 is 40.0 Å². The number of carboxylic acids is 1. The van der Waals surface area contributed by atoms with E-state index in [9.17, 15) is 8.42 Å². The van der Waals surface area contributed by atoms with Crippen LogP contribution in [0.15, 0.2) is 0 Å². The Balaban J connectivity index is -0.000000640. The third-order valence-electron chi connectivity index (χ3n) is 2.73. The van der Waals surface area contributed by atoms with E-state index in [1.165, 1.54) is 44.9 Å². The van der Waals surface area contributed by atoms with Gasteiger partial charge in [0.05, 0.1) is 6.61 Å². The maximum absolute atomic E-state index is 10.2. The van der Waals surface area contributed by atoms with Crippen molar-refractivity contribution in [2.75, 3.05) is 6.61 Å². The number of unbranched alkanes of at least 4 members (excludes halogenated alkanes) is 9. The second-order valence-electron chi connectivity index (χ2n) is 4.83. The maximum Gasteiger partial charge on any atom is 1.00 e. The third kappa shape index (κ3) is 36.9. The van der Waals surface area contributed by atoms with Crippen LogP contribution in [0.1, 0.15) is 71.1 Å². The SMILES string of the molecule is CCCCCCCCCCCCOS(=O)(=O)O.[CH2-]C(=O)O.[Na+]. The quantitative estimate of drug-likeness (QED) is 0.232. The molecular formula is C14H29NaO6S. The van der Waals surface area contributed by atoms with Crippen LogP contribution in [0, 0.1) is 6.92 Å². The molecule has 6 nitrogen and oxygen atoms in total. The molecule has 22 heavy (non-hydrogen) atoms. The summed E-state index contributed by atoms with van der Waals surface area (Å²) in [6.07, 6.45) is 11.9. The van der Waals surface area contributed by atoms with Crippen LogP contribution in [-0.4, -0.2) is 30.7 Å². The van der Waals surface area contributed by atoms with Crippen LogP contribution >= 0.6 is 0 Å². The monoisotopic (exact) mass is 348 g/mol. The summed E-state index contributed by atoms with van der Waals surface area (Å²) in [6, 6.07) is 0. The summed E-state index contributed by atoms with van der Waals surface area (Å²) in [5.74, 6) is -1.08. The van der Waals surface area contributed by atoms with Crippen LogP contribution in [0.2, 0.25) is 0 Å². The summed E-state index contributed by atoms with van der Waals surface area (Å²) >= 11 is 0. The fraction of sp³-hybridized carbons (Fsp3) is 0.857. The van der Waals surface area contributed by atoms with Gasteiger partial charge in [-0.3, -0.25) is 16.3 Å². The van der Waals surface area contributed by atoms with E-state index in [1.807, 2.05) is 0 Å². The van der Waals surface area contributed by atoms with Crippen molar-refractivity contribution in [3.8, 4) is 0 Å². The van der Waals surface area contributed by atoms with Crippen molar-refractivity contribution in [3.63, 3.8) is 0 Å². The van der Waals surface area contributed by atoms with Crippen molar-refractivity contribution in [3.05, 3.63) is 6.92 Å². The summed E-state index contributed by atoms with van der Waals surface area (Å²) in [4.78, 5) is 8.89. The second kappa shape index (κ2) is 19.3. The van der Waals surface area contributed by atoms with E-state index in [2.05, 4.69) is 18.0 Å². The first-order chi connectivity index (χ1) is 9.79. The Morgan fingerprint density at radius 3 is 1.59 bits per heavy atom. The van der Waals surface area contributed by atoms with Gasteiger partial charge in [0.15, 0.2) is 5.97 Å². The largest absolute Gasteiger partial charge is 1.00 e. The molecule has 0 radical (unpaired) electrons. The fourth-order valence-corrected chi connectivity index (χ4v) is 2.08. The number of carboxylic acid groups (broad SMARTS) is 1. The zero-order chi connectivity index (χ0) is 16.6. The van der Waals surface area contributed by atoms with Crippen LogP contribution in [0.4, 0.5) is 0 Å². The van der Waals surface area contributed by atoms with Gasteiger partial charge in [-0.25, -0.2) is 4.18 Å². The average molecular weight is 348 g/mol. The Hall–Kier alpha value is 0.210. The van der Waals surface area contributed by atoms with Gasteiger partial charge in [0.1, 0.15) is 0 Å². The molecule has 0 aliphatic carbocycles. The van der Waals surface area contributed by atoms with Crippen LogP contribution in [0.25, 0.3) is 0 Å². The van der Waals surface area contributed by atoms with E-state index in [0.29, 0.717) is 6.42 Å². The van der Waals surface area contributed by atoms with E-state index in [1.54, 1.807) is 0 Å². The molecule has 0 aliphatic heterocycles. The van der Waals surface area contributed by atoms with Gasteiger partial charge in [0.25, 0.3) is 0 Å². The molecular weight excluding hydrogens is 319 g/mol. The molecule has 0 saturated carbocycles. The number of carbonyl (C=O) groups is 1. The zero-order valence-electron chi connectivity index (χ0n) is 13.9. The van der Waals surface area contributed by atoms with Gasteiger partial charge in [-0.05, 0) is 6.42 Å². The molecule has 0 aromatic rings. The third-order valence-corrected chi connectivity index (χ3v) is 3.19. The molecule has 2 N–H and O–H groups in total. The number of aliphatic carboxylic acids is 1.